The third kappa shape index (κ3) is 2.51. The fraction of sp³-hybridized carbons (Fsp3) is 0.412. The molecule has 24 heavy (non-hydrogen) atoms. The number of aromatic nitrogens is 2. The zero-order valence-corrected chi connectivity index (χ0v) is 14.4. The van der Waals surface area contributed by atoms with Crippen LogP contribution in [0.4, 0.5) is 0 Å². The first kappa shape index (κ1) is 15.9. The van der Waals surface area contributed by atoms with Gasteiger partial charge in [-0.05, 0) is 43.9 Å². The van der Waals surface area contributed by atoms with Gasteiger partial charge in [-0.15, -0.1) is 0 Å². The van der Waals surface area contributed by atoms with Crippen LogP contribution in [-0.2, 0) is 12.8 Å². The van der Waals surface area contributed by atoms with Crippen LogP contribution in [0.3, 0.4) is 0 Å². The lowest BCUT2D eigenvalue weighted by molar-refractivity contribution is 0.461. The first-order valence-electron chi connectivity index (χ1n) is 8.02. The fourth-order valence-corrected chi connectivity index (χ4v) is 4.24. The molecule has 7 heteroatoms. The van der Waals surface area contributed by atoms with Gasteiger partial charge in [0, 0.05) is 17.7 Å². The number of halogens is 2. The van der Waals surface area contributed by atoms with Crippen molar-refractivity contribution in [1.29, 1.82) is 0 Å². The maximum atomic E-state index is 12.8. The SMILES string of the molecule is O=c1c2c(ncn1[C@H]1CCNC1)C[C@H](c1c(O)ccc(Cl)c1Cl)C2. The molecule has 0 saturated carbocycles. The summed E-state index contributed by atoms with van der Waals surface area (Å²) in [7, 11) is 0. The van der Waals surface area contributed by atoms with Gasteiger partial charge < -0.3 is 10.4 Å². The minimum atomic E-state index is -0.0797. The Labute approximate surface area is 149 Å². The Bertz CT molecular complexity index is 860. The number of nitrogens with one attached hydrogen (secondary N) is 1. The number of phenolic OH excluding ortho intramolecular Hbond substituents is 1. The Morgan fingerprint density at radius 2 is 2.12 bits per heavy atom. The summed E-state index contributed by atoms with van der Waals surface area (Å²) in [5.41, 5.74) is 2.15. The van der Waals surface area contributed by atoms with Gasteiger partial charge in [-0.25, -0.2) is 4.98 Å². The Balaban J connectivity index is 1.71. The van der Waals surface area contributed by atoms with Crippen LogP contribution in [0.25, 0.3) is 0 Å². The van der Waals surface area contributed by atoms with Crippen molar-refractivity contribution in [2.45, 2.75) is 31.2 Å². The molecule has 0 radical (unpaired) electrons. The van der Waals surface area contributed by atoms with E-state index in [4.69, 9.17) is 23.2 Å². The number of hydrogen-bond acceptors (Lipinski definition) is 4. The number of phenols is 1. The van der Waals surface area contributed by atoms with Crippen LogP contribution in [-0.4, -0.2) is 27.7 Å². The number of rotatable bonds is 2. The maximum absolute atomic E-state index is 12.8. The Morgan fingerprint density at radius 1 is 1.29 bits per heavy atom. The summed E-state index contributed by atoms with van der Waals surface area (Å²) in [6.07, 6.45) is 3.70. The summed E-state index contributed by atoms with van der Waals surface area (Å²) >= 11 is 12.4. The molecule has 126 valence electrons. The summed E-state index contributed by atoms with van der Waals surface area (Å²) < 4.78 is 1.74. The minimum absolute atomic E-state index is 0.0221. The molecule has 1 saturated heterocycles. The highest BCUT2D eigenvalue weighted by Crippen LogP contribution is 2.42. The van der Waals surface area contributed by atoms with Crippen molar-refractivity contribution in [2.75, 3.05) is 13.1 Å². The van der Waals surface area contributed by atoms with Crippen molar-refractivity contribution < 1.29 is 5.11 Å². The molecule has 1 aromatic heterocycles. The van der Waals surface area contributed by atoms with E-state index in [9.17, 15) is 9.90 Å². The van der Waals surface area contributed by atoms with Gasteiger partial charge in [-0.3, -0.25) is 9.36 Å². The molecule has 1 aliphatic heterocycles. The van der Waals surface area contributed by atoms with E-state index in [1.54, 1.807) is 23.0 Å². The predicted molar refractivity (Wildman–Crippen MR) is 93.3 cm³/mol. The lowest BCUT2D eigenvalue weighted by Gasteiger charge is -2.14. The van der Waals surface area contributed by atoms with Gasteiger partial charge in [0.05, 0.1) is 28.1 Å². The number of hydrogen-bond donors (Lipinski definition) is 2. The first-order chi connectivity index (χ1) is 11.6. The molecule has 0 unspecified atom stereocenters. The molecule has 2 aliphatic rings. The van der Waals surface area contributed by atoms with Crippen LogP contribution < -0.4 is 10.9 Å². The van der Waals surface area contributed by atoms with Crippen molar-refractivity contribution in [3.8, 4) is 5.75 Å². The van der Waals surface area contributed by atoms with Gasteiger partial charge in [0.25, 0.3) is 5.56 Å². The first-order valence-corrected chi connectivity index (χ1v) is 8.78. The van der Waals surface area contributed by atoms with Crippen LogP contribution in [0.2, 0.25) is 10.0 Å². The molecule has 5 nitrogen and oxygen atoms in total. The van der Waals surface area contributed by atoms with Crippen LogP contribution in [0.1, 0.15) is 35.2 Å². The molecule has 0 bridgehead atoms. The van der Waals surface area contributed by atoms with Crippen LogP contribution >= 0.6 is 23.2 Å². The highest BCUT2D eigenvalue weighted by Gasteiger charge is 2.32. The molecular formula is C17H17Cl2N3O2. The second-order valence-corrected chi connectivity index (χ2v) is 7.21. The topological polar surface area (TPSA) is 67.2 Å². The normalized spacial score (nSPS) is 22.8. The monoisotopic (exact) mass is 365 g/mol. The van der Waals surface area contributed by atoms with Crippen molar-refractivity contribution in [2.24, 2.45) is 0 Å². The molecule has 2 N–H and O–H groups in total. The number of benzene rings is 1. The summed E-state index contributed by atoms with van der Waals surface area (Å²) in [5, 5.41) is 14.2. The molecule has 2 atom stereocenters. The van der Waals surface area contributed by atoms with E-state index in [-0.39, 0.29) is 23.3 Å². The highest BCUT2D eigenvalue weighted by molar-refractivity contribution is 6.42. The van der Waals surface area contributed by atoms with E-state index < -0.39 is 0 Å². The maximum Gasteiger partial charge on any atom is 0.257 e. The Morgan fingerprint density at radius 3 is 2.88 bits per heavy atom. The van der Waals surface area contributed by atoms with Crippen molar-refractivity contribution in [3.05, 3.63) is 55.7 Å². The van der Waals surface area contributed by atoms with Gasteiger partial charge in [0.2, 0.25) is 0 Å². The minimum Gasteiger partial charge on any atom is -0.508 e. The van der Waals surface area contributed by atoms with E-state index in [0.29, 0.717) is 28.5 Å². The lowest BCUT2D eigenvalue weighted by Crippen LogP contribution is -2.29. The summed E-state index contributed by atoms with van der Waals surface area (Å²) in [6.45, 7) is 1.72. The smallest absolute Gasteiger partial charge is 0.257 e. The van der Waals surface area contributed by atoms with E-state index in [1.807, 2.05) is 0 Å². The largest absolute Gasteiger partial charge is 0.508 e. The number of aromatic hydroxyl groups is 1. The third-order valence-electron chi connectivity index (χ3n) is 5.01. The van der Waals surface area contributed by atoms with Crippen molar-refractivity contribution in [3.63, 3.8) is 0 Å². The molecule has 1 aliphatic carbocycles. The van der Waals surface area contributed by atoms with Crippen molar-refractivity contribution in [1.82, 2.24) is 14.9 Å². The van der Waals surface area contributed by atoms with Crippen molar-refractivity contribution >= 4 is 23.2 Å². The number of nitrogens with zero attached hydrogens (tertiary/aromatic N) is 2. The number of fused-ring (bicyclic) bond motifs is 1. The second-order valence-electron chi connectivity index (χ2n) is 6.43. The Hall–Kier alpha value is -1.56. The van der Waals surface area contributed by atoms with E-state index >= 15 is 0 Å². The second kappa shape index (κ2) is 6.06. The zero-order valence-electron chi connectivity index (χ0n) is 12.9. The van der Waals surface area contributed by atoms with Gasteiger partial charge in [-0.1, -0.05) is 23.2 Å². The average molecular weight is 366 g/mol. The zero-order chi connectivity index (χ0) is 16.8. The van der Waals surface area contributed by atoms with E-state index in [0.717, 1.165) is 30.8 Å². The van der Waals surface area contributed by atoms with Crippen LogP contribution in [0.5, 0.6) is 5.75 Å². The quantitative estimate of drug-likeness (QED) is 0.858. The van der Waals surface area contributed by atoms with Gasteiger partial charge in [0.15, 0.2) is 0 Å². The molecular weight excluding hydrogens is 349 g/mol. The lowest BCUT2D eigenvalue weighted by atomic mass is 9.95. The summed E-state index contributed by atoms with van der Waals surface area (Å²) in [4.78, 5) is 17.3. The molecule has 0 spiro atoms. The summed E-state index contributed by atoms with van der Waals surface area (Å²) in [6, 6.07) is 3.28. The average Bonchev–Trinajstić information content (AvgIpc) is 3.21. The standard InChI is InChI=1S/C17H17Cl2N3O2/c18-12-1-2-14(23)15(16(12)19)9-5-11-13(6-9)21-8-22(17(11)24)10-3-4-20-7-10/h1-2,8-10,20,23H,3-7H2/t9-,10+/m1/s1. The molecule has 2 heterocycles. The molecule has 1 fully saturated rings. The third-order valence-corrected chi connectivity index (χ3v) is 5.83. The molecule has 1 aromatic carbocycles. The van der Waals surface area contributed by atoms with Gasteiger partial charge >= 0.3 is 0 Å². The molecule has 0 amide bonds. The Kier molecular flexibility index (Phi) is 4.03. The van der Waals surface area contributed by atoms with E-state index in [1.165, 1.54) is 0 Å². The van der Waals surface area contributed by atoms with Crippen LogP contribution in [0.15, 0.2) is 23.3 Å². The van der Waals surface area contributed by atoms with Crippen LogP contribution in [0, 0.1) is 0 Å². The highest BCUT2D eigenvalue weighted by atomic mass is 35.5. The summed E-state index contributed by atoms with van der Waals surface area (Å²) in [5.74, 6) is 0.0338. The van der Waals surface area contributed by atoms with E-state index in [2.05, 4.69) is 10.3 Å². The van der Waals surface area contributed by atoms with Gasteiger partial charge in [-0.2, -0.15) is 0 Å². The van der Waals surface area contributed by atoms with Gasteiger partial charge in [0.1, 0.15) is 5.75 Å². The molecule has 4 rings (SSSR count). The predicted octanol–water partition coefficient (Wildman–Crippen LogP) is 2.67. The molecule has 2 aromatic rings. The fourth-order valence-electron chi connectivity index (χ4n) is 3.76.